The lowest BCUT2D eigenvalue weighted by atomic mass is 9.90. The highest BCUT2D eigenvalue weighted by Crippen LogP contribution is 2.43. The average molecular weight is 489 g/mol. The topological polar surface area (TPSA) is 110 Å². The summed E-state index contributed by atoms with van der Waals surface area (Å²) in [5.74, 6) is -0.0825. The Morgan fingerprint density at radius 1 is 0.743 bits per heavy atom. The van der Waals surface area contributed by atoms with Gasteiger partial charge in [0.2, 0.25) is 5.75 Å². The summed E-state index contributed by atoms with van der Waals surface area (Å²) in [6, 6.07) is 8.30. The number of carbonyl (C=O) groups is 2. The predicted molar refractivity (Wildman–Crippen MR) is 130 cm³/mol. The fourth-order valence-corrected chi connectivity index (χ4v) is 3.49. The monoisotopic (exact) mass is 488 g/mol. The van der Waals surface area contributed by atoms with E-state index < -0.39 is 24.0 Å². The first-order valence-corrected chi connectivity index (χ1v) is 10.7. The van der Waals surface area contributed by atoms with Gasteiger partial charge in [-0.2, -0.15) is 0 Å². The number of benzene rings is 2. The van der Waals surface area contributed by atoms with Gasteiger partial charge in [-0.3, -0.25) is 4.79 Å². The van der Waals surface area contributed by atoms with Crippen molar-refractivity contribution in [1.82, 2.24) is 0 Å². The average Bonchev–Trinajstić information content (AvgIpc) is 2.81. The molecule has 0 amide bonds. The molecule has 0 saturated carbocycles. The number of hydrogen-bond acceptors (Lipinski definition) is 8. The van der Waals surface area contributed by atoms with Crippen molar-refractivity contribution < 1.29 is 43.1 Å². The molecule has 0 atom stereocenters. The molecule has 0 aromatic heterocycles. The second kappa shape index (κ2) is 11.5. The molecule has 1 N–H and O–H groups in total. The number of methoxy groups -OCH3 is 5. The molecule has 35 heavy (non-hydrogen) atoms. The molecule has 9 nitrogen and oxygen atoms in total. The Morgan fingerprint density at radius 2 is 1.26 bits per heavy atom. The van der Waals surface area contributed by atoms with Crippen molar-refractivity contribution in [3.05, 3.63) is 47.0 Å². The van der Waals surface area contributed by atoms with Crippen molar-refractivity contribution in [3.63, 3.8) is 0 Å². The second-order valence-electron chi connectivity index (χ2n) is 8.41. The van der Waals surface area contributed by atoms with Crippen LogP contribution in [-0.2, 0) is 14.3 Å². The number of carboxylic acid groups (broad SMARTS) is 1. The maximum Gasteiger partial charge on any atom is 0.335 e. The lowest BCUT2D eigenvalue weighted by molar-refractivity contribution is -0.151. The van der Waals surface area contributed by atoms with Gasteiger partial charge < -0.3 is 33.5 Å². The maximum absolute atomic E-state index is 13.3. The number of hydrogen-bond donors (Lipinski definition) is 1. The van der Waals surface area contributed by atoms with Crippen molar-refractivity contribution in [3.8, 4) is 28.7 Å². The number of aliphatic carboxylic acids is 1. The first-order valence-electron chi connectivity index (χ1n) is 10.7. The van der Waals surface area contributed by atoms with Gasteiger partial charge in [-0.05, 0) is 56.2 Å². The van der Waals surface area contributed by atoms with Gasteiger partial charge in [0.1, 0.15) is 5.60 Å². The van der Waals surface area contributed by atoms with Crippen molar-refractivity contribution in [1.29, 1.82) is 0 Å². The highest BCUT2D eigenvalue weighted by atomic mass is 16.6. The van der Waals surface area contributed by atoms with E-state index >= 15 is 0 Å². The lowest BCUT2D eigenvalue weighted by Crippen LogP contribution is -2.26. The zero-order valence-corrected chi connectivity index (χ0v) is 21.3. The molecule has 0 aliphatic heterocycles. The summed E-state index contributed by atoms with van der Waals surface area (Å²) in [5.41, 5.74) is 0.349. The summed E-state index contributed by atoms with van der Waals surface area (Å²) in [6.07, 6.45) is -0.588. The Kier molecular flexibility index (Phi) is 8.99. The molecule has 0 bridgehead atoms. The SMILES string of the molecule is COc1ccc(/C(=C(/CC(=O)O)C(=O)OC(C)(C)C)c2cc(OC)c(OC)c(OC)c2)cc1OC. The van der Waals surface area contributed by atoms with Crippen molar-refractivity contribution in [2.24, 2.45) is 0 Å². The highest BCUT2D eigenvalue weighted by molar-refractivity contribution is 6.05. The first kappa shape index (κ1) is 27.4. The Labute approximate surface area is 205 Å². The smallest absolute Gasteiger partial charge is 0.335 e. The van der Waals surface area contributed by atoms with Crippen LogP contribution in [-0.4, -0.2) is 58.2 Å². The molecular formula is C26H32O9. The number of ether oxygens (including phenoxy) is 6. The fraction of sp³-hybridized carbons (Fsp3) is 0.385. The minimum absolute atomic E-state index is 0.0612. The van der Waals surface area contributed by atoms with Crippen LogP contribution in [0.5, 0.6) is 28.7 Å². The van der Waals surface area contributed by atoms with E-state index in [1.54, 1.807) is 51.1 Å². The molecule has 0 unspecified atom stereocenters. The second-order valence-corrected chi connectivity index (χ2v) is 8.41. The van der Waals surface area contributed by atoms with Gasteiger partial charge in [0.15, 0.2) is 23.0 Å². The van der Waals surface area contributed by atoms with Gasteiger partial charge in [-0.25, -0.2) is 4.79 Å². The minimum Gasteiger partial charge on any atom is -0.493 e. The summed E-state index contributed by atoms with van der Waals surface area (Å²) >= 11 is 0. The van der Waals surface area contributed by atoms with E-state index in [1.807, 2.05) is 0 Å². The highest BCUT2D eigenvalue weighted by Gasteiger charge is 2.28. The van der Waals surface area contributed by atoms with E-state index in [4.69, 9.17) is 28.4 Å². The number of esters is 1. The summed E-state index contributed by atoms with van der Waals surface area (Å²) in [5, 5.41) is 9.68. The third kappa shape index (κ3) is 6.59. The van der Waals surface area contributed by atoms with Crippen LogP contribution >= 0.6 is 0 Å². The summed E-state index contributed by atoms with van der Waals surface area (Å²) in [7, 11) is 7.39. The van der Waals surface area contributed by atoms with E-state index in [1.165, 1.54) is 35.5 Å². The van der Waals surface area contributed by atoms with Crippen LogP contribution in [0.4, 0.5) is 0 Å². The van der Waals surface area contributed by atoms with Crippen molar-refractivity contribution in [2.75, 3.05) is 35.5 Å². The number of carbonyl (C=O) groups excluding carboxylic acids is 1. The number of rotatable bonds is 10. The Bertz CT molecular complexity index is 1090. The van der Waals surface area contributed by atoms with E-state index in [9.17, 15) is 14.7 Å². The molecule has 0 spiro atoms. The molecular weight excluding hydrogens is 456 g/mol. The van der Waals surface area contributed by atoms with Gasteiger partial charge >= 0.3 is 11.9 Å². The van der Waals surface area contributed by atoms with Crippen LogP contribution in [0, 0.1) is 0 Å². The fourth-order valence-electron chi connectivity index (χ4n) is 3.49. The van der Waals surface area contributed by atoms with E-state index in [0.29, 0.717) is 45.4 Å². The standard InChI is InChI=1S/C26H32O9/c1-26(2,3)35-25(29)17(14-22(27)28)23(15-9-10-18(30-4)19(11-15)31-5)16-12-20(32-6)24(34-8)21(13-16)33-7/h9-13H,14H2,1-8H3,(H,27,28)/b23-17+. The summed E-state index contributed by atoms with van der Waals surface area (Å²) in [6.45, 7) is 5.12. The molecule has 0 aliphatic carbocycles. The molecule has 2 rings (SSSR count). The third-order valence-electron chi connectivity index (χ3n) is 4.90. The Balaban J connectivity index is 3.00. The molecule has 190 valence electrons. The molecule has 2 aromatic rings. The normalized spacial score (nSPS) is 11.8. The van der Waals surface area contributed by atoms with Gasteiger partial charge in [-0.15, -0.1) is 0 Å². The van der Waals surface area contributed by atoms with Crippen LogP contribution in [0.25, 0.3) is 5.57 Å². The van der Waals surface area contributed by atoms with Crippen LogP contribution in [0.3, 0.4) is 0 Å². The molecule has 0 fully saturated rings. The van der Waals surface area contributed by atoms with Crippen molar-refractivity contribution >= 4 is 17.5 Å². The maximum atomic E-state index is 13.3. The first-order chi connectivity index (χ1) is 16.5. The largest absolute Gasteiger partial charge is 0.493 e. The molecule has 0 radical (unpaired) electrons. The van der Waals surface area contributed by atoms with Gasteiger partial charge in [-0.1, -0.05) is 6.07 Å². The minimum atomic E-state index is -1.20. The summed E-state index contributed by atoms with van der Waals surface area (Å²) in [4.78, 5) is 25.2. The van der Waals surface area contributed by atoms with Gasteiger partial charge in [0.05, 0.1) is 47.5 Å². The van der Waals surface area contributed by atoms with E-state index in [0.717, 1.165) is 0 Å². The van der Waals surface area contributed by atoms with Gasteiger partial charge in [0.25, 0.3) is 0 Å². The molecule has 0 heterocycles. The van der Waals surface area contributed by atoms with Crippen molar-refractivity contribution in [2.45, 2.75) is 32.8 Å². The zero-order valence-electron chi connectivity index (χ0n) is 21.3. The third-order valence-corrected chi connectivity index (χ3v) is 4.90. The van der Waals surface area contributed by atoms with Gasteiger partial charge in [0, 0.05) is 5.57 Å². The molecule has 2 aromatic carbocycles. The quantitative estimate of drug-likeness (QED) is 0.385. The predicted octanol–water partition coefficient (Wildman–Crippen LogP) is 4.35. The lowest BCUT2D eigenvalue weighted by Gasteiger charge is -2.23. The number of carboxylic acids is 1. The summed E-state index contributed by atoms with van der Waals surface area (Å²) < 4.78 is 32.7. The van der Waals surface area contributed by atoms with E-state index in [-0.39, 0.29) is 5.57 Å². The van der Waals surface area contributed by atoms with Crippen LogP contribution < -0.4 is 23.7 Å². The van der Waals surface area contributed by atoms with Crippen LogP contribution in [0.1, 0.15) is 38.3 Å². The van der Waals surface area contributed by atoms with Crippen LogP contribution in [0.2, 0.25) is 0 Å². The zero-order chi connectivity index (χ0) is 26.3. The van der Waals surface area contributed by atoms with E-state index in [2.05, 4.69) is 0 Å². The molecule has 0 aliphatic rings. The molecule has 0 saturated heterocycles. The Hall–Kier alpha value is -3.88. The molecule has 9 heteroatoms. The Morgan fingerprint density at radius 3 is 1.69 bits per heavy atom. The van der Waals surface area contributed by atoms with Crippen LogP contribution in [0.15, 0.2) is 35.9 Å².